The van der Waals surface area contributed by atoms with Crippen LogP contribution in [0, 0.1) is 0 Å². The summed E-state index contributed by atoms with van der Waals surface area (Å²) in [6.07, 6.45) is 5.22. The maximum absolute atomic E-state index is 13.2. The highest BCUT2D eigenvalue weighted by Crippen LogP contribution is 2.55. The fourth-order valence-electron chi connectivity index (χ4n) is 4.39. The fourth-order valence-corrected chi connectivity index (χ4v) is 5.32. The van der Waals surface area contributed by atoms with Gasteiger partial charge in [0.2, 0.25) is 5.91 Å². The zero-order valence-electron chi connectivity index (χ0n) is 19.5. The number of primary amides is 1. The Labute approximate surface area is 202 Å². The molecule has 0 radical (unpaired) electrons. The lowest BCUT2D eigenvalue weighted by Crippen LogP contribution is -2.46. The lowest BCUT2D eigenvalue weighted by molar-refractivity contribution is -0.151. The topological polar surface area (TPSA) is 111 Å². The van der Waals surface area contributed by atoms with Crippen molar-refractivity contribution in [2.45, 2.75) is 37.8 Å². The van der Waals surface area contributed by atoms with Crippen LogP contribution in [0.15, 0.2) is 47.6 Å². The molecule has 0 aliphatic carbocycles. The van der Waals surface area contributed by atoms with E-state index in [4.69, 9.17) is 19.9 Å². The van der Waals surface area contributed by atoms with Crippen LogP contribution in [0.4, 0.5) is 0 Å². The highest BCUT2D eigenvalue weighted by molar-refractivity contribution is 7.10. The predicted octanol–water partition coefficient (Wildman–Crippen LogP) is 3.12. The number of carbonyl (C=O) groups is 2. The Morgan fingerprint density at radius 3 is 2.62 bits per heavy atom. The van der Waals surface area contributed by atoms with Crippen LogP contribution < -0.4 is 15.2 Å². The molecule has 2 unspecified atom stereocenters. The zero-order chi connectivity index (χ0) is 24.7. The van der Waals surface area contributed by atoms with Gasteiger partial charge in [-0.3, -0.25) is 4.79 Å². The van der Waals surface area contributed by atoms with Crippen LogP contribution in [0.2, 0.25) is 0 Å². The van der Waals surface area contributed by atoms with Gasteiger partial charge in [0.05, 0.1) is 19.8 Å². The normalized spacial score (nSPS) is 20.9. The number of ether oxygens (including phenoxy) is 3. The van der Waals surface area contributed by atoms with E-state index in [1.54, 1.807) is 44.0 Å². The molecule has 0 bridgehead atoms. The number of benzene rings is 1. The molecule has 1 aromatic heterocycles. The number of methoxy groups -OCH3 is 1. The molecule has 0 saturated heterocycles. The Kier molecular flexibility index (Phi) is 6.18. The predicted molar refractivity (Wildman–Crippen MR) is 128 cm³/mol. The minimum atomic E-state index is -1.32. The summed E-state index contributed by atoms with van der Waals surface area (Å²) in [5.41, 5.74) is 5.82. The zero-order valence-corrected chi connectivity index (χ0v) is 20.3. The summed E-state index contributed by atoms with van der Waals surface area (Å²) in [7, 11) is 1.53. The molecule has 2 aliphatic heterocycles. The van der Waals surface area contributed by atoms with E-state index < -0.39 is 28.9 Å². The number of thiophene rings is 1. The Morgan fingerprint density at radius 2 is 2.03 bits per heavy atom. The van der Waals surface area contributed by atoms with Crippen molar-refractivity contribution >= 4 is 29.3 Å². The molecule has 34 heavy (non-hydrogen) atoms. The minimum Gasteiger partial charge on any atom is -0.493 e. The Bertz CT molecular complexity index is 1160. The monoisotopic (exact) mass is 484 g/mol. The van der Waals surface area contributed by atoms with Gasteiger partial charge in [0.1, 0.15) is 23.3 Å². The first-order valence-corrected chi connectivity index (χ1v) is 11.7. The average Bonchev–Trinajstić information content (AvgIpc) is 3.42. The van der Waals surface area contributed by atoms with Gasteiger partial charge in [-0.05, 0) is 67.6 Å². The summed E-state index contributed by atoms with van der Waals surface area (Å²) < 4.78 is 16.8. The molecule has 180 valence electrons. The number of fused-ring (bicyclic) bond motifs is 3. The van der Waals surface area contributed by atoms with Crippen molar-refractivity contribution in [1.82, 2.24) is 4.90 Å². The molecule has 4 rings (SSSR count). The number of esters is 1. The molecule has 1 aromatic carbocycles. The van der Waals surface area contributed by atoms with E-state index in [-0.39, 0.29) is 18.9 Å². The van der Waals surface area contributed by atoms with Crippen LogP contribution in [0.25, 0.3) is 6.08 Å². The Morgan fingerprint density at radius 1 is 1.26 bits per heavy atom. The number of nitrogens with two attached hydrogens (primary N) is 1. The van der Waals surface area contributed by atoms with Gasteiger partial charge in [-0.25, -0.2) is 4.79 Å². The summed E-state index contributed by atoms with van der Waals surface area (Å²) >= 11 is 1.39. The van der Waals surface area contributed by atoms with E-state index in [0.29, 0.717) is 16.4 Å². The number of hydrogen-bond acceptors (Lipinski definition) is 8. The molecule has 0 fully saturated rings. The first-order chi connectivity index (χ1) is 16.1. The van der Waals surface area contributed by atoms with Crippen LogP contribution >= 0.6 is 11.3 Å². The number of aliphatic hydroxyl groups is 1. The van der Waals surface area contributed by atoms with E-state index in [9.17, 15) is 14.7 Å². The number of carbonyl (C=O) groups excluding carboxylic acids is 2. The van der Waals surface area contributed by atoms with Crippen molar-refractivity contribution in [3.05, 3.63) is 63.6 Å². The van der Waals surface area contributed by atoms with Crippen molar-refractivity contribution in [3.8, 4) is 11.5 Å². The minimum absolute atomic E-state index is 0.0761. The van der Waals surface area contributed by atoms with Crippen LogP contribution in [0.3, 0.4) is 0 Å². The maximum atomic E-state index is 13.2. The summed E-state index contributed by atoms with van der Waals surface area (Å²) in [5.74, 6) is -0.223. The first kappa shape index (κ1) is 23.8. The molecule has 2 aliphatic rings. The van der Waals surface area contributed by atoms with Crippen LogP contribution in [0.5, 0.6) is 11.5 Å². The van der Waals surface area contributed by atoms with Gasteiger partial charge in [0.15, 0.2) is 11.5 Å². The van der Waals surface area contributed by atoms with E-state index in [1.165, 1.54) is 18.4 Å². The number of amides is 1. The van der Waals surface area contributed by atoms with Crippen LogP contribution in [0.1, 0.15) is 42.8 Å². The molecule has 2 aromatic rings. The van der Waals surface area contributed by atoms with Gasteiger partial charge in [-0.2, -0.15) is 0 Å². The SMILES string of the molecule is COc1cc2c(cc1OCCO)C1N(C=C2)C(C(=O)OC(C)(C)C)=CC1(C(N)=O)c1cccs1. The molecule has 3 N–H and O–H groups in total. The second-order valence-corrected chi connectivity index (χ2v) is 10.0. The standard InChI is InChI=1S/C25H28N2O6S/c1-24(2,3)33-22(29)17-14-25(23(26)30,20-6-5-11-34-20)21-16-13-19(32-10-9-28)18(31-4)12-15(16)7-8-27(17)21/h5-8,11-14,21,28H,9-10H2,1-4H3,(H2,26,30). The molecular weight excluding hydrogens is 456 g/mol. The average molecular weight is 485 g/mol. The quantitative estimate of drug-likeness (QED) is 0.581. The molecule has 3 heterocycles. The van der Waals surface area contributed by atoms with Gasteiger partial charge in [0, 0.05) is 11.1 Å². The largest absolute Gasteiger partial charge is 0.493 e. The molecule has 8 nitrogen and oxygen atoms in total. The molecule has 0 saturated carbocycles. The Hall–Kier alpha value is -3.30. The van der Waals surface area contributed by atoms with E-state index in [0.717, 1.165) is 11.1 Å². The molecular formula is C25H28N2O6S. The van der Waals surface area contributed by atoms with E-state index in [2.05, 4.69) is 0 Å². The first-order valence-electron chi connectivity index (χ1n) is 10.8. The third-order valence-electron chi connectivity index (χ3n) is 5.72. The van der Waals surface area contributed by atoms with E-state index >= 15 is 0 Å². The van der Waals surface area contributed by atoms with Gasteiger partial charge in [-0.1, -0.05) is 6.07 Å². The lowest BCUT2D eigenvalue weighted by atomic mass is 9.74. The molecule has 2 atom stereocenters. The van der Waals surface area contributed by atoms with Crippen molar-refractivity contribution in [2.24, 2.45) is 5.73 Å². The van der Waals surface area contributed by atoms with Crippen molar-refractivity contribution in [2.75, 3.05) is 20.3 Å². The second kappa shape index (κ2) is 8.81. The number of aliphatic hydroxyl groups excluding tert-OH is 1. The number of rotatable bonds is 7. The third-order valence-corrected chi connectivity index (χ3v) is 6.75. The number of nitrogens with zero attached hydrogens (tertiary/aromatic N) is 1. The number of hydrogen-bond donors (Lipinski definition) is 2. The van der Waals surface area contributed by atoms with Crippen LogP contribution in [-0.4, -0.2) is 47.8 Å². The smallest absolute Gasteiger partial charge is 0.355 e. The van der Waals surface area contributed by atoms with Gasteiger partial charge in [0.25, 0.3) is 0 Å². The highest BCUT2D eigenvalue weighted by Gasteiger charge is 2.56. The third kappa shape index (κ3) is 3.95. The molecule has 1 amide bonds. The highest BCUT2D eigenvalue weighted by atomic mass is 32.1. The summed E-state index contributed by atoms with van der Waals surface area (Å²) in [6.45, 7) is 5.28. The molecule has 0 spiro atoms. The van der Waals surface area contributed by atoms with Gasteiger partial charge >= 0.3 is 5.97 Å². The van der Waals surface area contributed by atoms with Gasteiger partial charge in [-0.15, -0.1) is 11.3 Å². The Balaban J connectivity index is 1.93. The summed E-state index contributed by atoms with van der Waals surface area (Å²) in [6, 6.07) is 6.63. The lowest BCUT2D eigenvalue weighted by Gasteiger charge is -2.39. The fraction of sp³-hybridized carbons (Fsp3) is 0.360. The van der Waals surface area contributed by atoms with Crippen molar-refractivity contribution in [3.63, 3.8) is 0 Å². The summed E-state index contributed by atoms with van der Waals surface area (Å²) in [5, 5.41) is 11.1. The van der Waals surface area contributed by atoms with Crippen molar-refractivity contribution in [1.29, 1.82) is 0 Å². The molecule has 9 heteroatoms. The van der Waals surface area contributed by atoms with Crippen LogP contribution in [-0.2, 0) is 19.7 Å². The second-order valence-electron chi connectivity index (χ2n) is 9.07. The van der Waals surface area contributed by atoms with Crippen molar-refractivity contribution < 1.29 is 28.9 Å². The van der Waals surface area contributed by atoms with E-state index in [1.807, 2.05) is 29.7 Å². The van der Waals surface area contributed by atoms with Gasteiger partial charge < -0.3 is 30.0 Å². The summed E-state index contributed by atoms with van der Waals surface area (Å²) in [4.78, 5) is 28.9. The maximum Gasteiger partial charge on any atom is 0.355 e.